The van der Waals surface area contributed by atoms with E-state index >= 15 is 0 Å². The molecule has 2 rings (SSSR count). The summed E-state index contributed by atoms with van der Waals surface area (Å²) in [5, 5.41) is 15.1. The first-order valence-corrected chi connectivity index (χ1v) is 7.66. The van der Waals surface area contributed by atoms with Crippen LogP contribution in [0.1, 0.15) is 11.1 Å². The fourth-order valence-electron chi connectivity index (χ4n) is 1.94. The van der Waals surface area contributed by atoms with Gasteiger partial charge in [0.1, 0.15) is 24.3 Å². The number of hydrogen-bond acceptors (Lipinski definition) is 3. The normalized spacial score (nSPS) is 11.6. The zero-order valence-electron chi connectivity index (χ0n) is 13.5. The molecule has 0 heterocycles. The molecule has 5 nitrogen and oxygen atoms in total. The van der Waals surface area contributed by atoms with Gasteiger partial charge in [-0.2, -0.15) is 0 Å². The molecule has 0 fully saturated rings. The molecule has 1 unspecified atom stereocenters. The number of benzene rings is 2. The maximum atomic E-state index is 12.8. The number of nitrogens with one attached hydrogen (secondary N) is 2. The monoisotopic (exact) mass is 332 g/mol. The Labute approximate surface area is 140 Å². The van der Waals surface area contributed by atoms with Gasteiger partial charge in [0.25, 0.3) is 0 Å². The summed E-state index contributed by atoms with van der Waals surface area (Å²) in [6, 6.07) is 13.0. The molecule has 0 bridgehead atoms. The lowest BCUT2D eigenvalue weighted by Gasteiger charge is -2.14. The van der Waals surface area contributed by atoms with Gasteiger partial charge in [-0.25, -0.2) is 9.18 Å². The van der Waals surface area contributed by atoms with Crippen LogP contribution < -0.4 is 15.4 Å². The molecule has 6 heteroatoms. The van der Waals surface area contributed by atoms with Gasteiger partial charge in [0.2, 0.25) is 0 Å². The van der Waals surface area contributed by atoms with Gasteiger partial charge in [-0.1, -0.05) is 29.8 Å². The summed E-state index contributed by atoms with van der Waals surface area (Å²) >= 11 is 0. The topological polar surface area (TPSA) is 70.6 Å². The molecule has 0 aromatic heterocycles. The standard InChI is InChI=1S/C18H21FN2O3/c1-13-2-4-14(5-3-13)10-20-18(23)21-11-16(22)12-24-17-8-6-15(19)7-9-17/h2-9,16,22H,10-12H2,1H3,(H2,20,21,23). The number of aliphatic hydroxyl groups is 1. The van der Waals surface area contributed by atoms with Crippen molar-refractivity contribution in [3.63, 3.8) is 0 Å². The van der Waals surface area contributed by atoms with Crippen LogP contribution in [0.15, 0.2) is 48.5 Å². The van der Waals surface area contributed by atoms with Gasteiger partial charge in [-0.15, -0.1) is 0 Å². The molecular weight excluding hydrogens is 311 g/mol. The lowest BCUT2D eigenvalue weighted by molar-refractivity contribution is 0.108. The highest BCUT2D eigenvalue weighted by Gasteiger charge is 2.08. The van der Waals surface area contributed by atoms with Crippen LogP contribution in [0, 0.1) is 12.7 Å². The van der Waals surface area contributed by atoms with Crippen molar-refractivity contribution in [3.05, 3.63) is 65.5 Å². The zero-order chi connectivity index (χ0) is 17.4. The van der Waals surface area contributed by atoms with Gasteiger partial charge in [0.05, 0.1) is 0 Å². The predicted molar refractivity (Wildman–Crippen MR) is 89.3 cm³/mol. The molecule has 2 aromatic rings. The van der Waals surface area contributed by atoms with Crippen LogP contribution in [0.25, 0.3) is 0 Å². The second kappa shape index (κ2) is 8.88. The van der Waals surface area contributed by atoms with E-state index in [0.29, 0.717) is 12.3 Å². The van der Waals surface area contributed by atoms with Crippen LogP contribution in [0.2, 0.25) is 0 Å². The van der Waals surface area contributed by atoms with Crippen LogP contribution in [0.4, 0.5) is 9.18 Å². The largest absolute Gasteiger partial charge is 0.491 e. The summed E-state index contributed by atoms with van der Waals surface area (Å²) in [5.41, 5.74) is 2.16. The van der Waals surface area contributed by atoms with Gasteiger partial charge in [0, 0.05) is 13.1 Å². The number of rotatable bonds is 7. The average Bonchev–Trinajstić information content (AvgIpc) is 2.59. The van der Waals surface area contributed by atoms with E-state index < -0.39 is 6.10 Å². The highest BCUT2D eigenvalue weighted by molar-refractivity contribution is 5.73. The van der Waals surface area contributed by atoms with Crippen LogP contribution in [0.5, 0.6) is 5.75 Å². The summed E-state index contributed by atoms with van der Waals surface area (Å²) < 4.78 is 18.1. The number of hydrogen-bond donors (Lipinski definition) is 3. The molecule has 0 spiro atoms. The fraction of sp³-hybridized carbons (Fsp3) is 0.278. The molecule has 128 valence electrons. The van der Waals surface area contributed by atoms with E-state index in [9.17, 15) is 14.3 Å². The Morgan fingerprint density at radius 1 is 1.12 bits per heavy atom. The average molecular weight is 332 g/mol. The third-order valence-electron chi connectivity index (χ3n) is 3.33. The van der Waals surface area contributed by atoms with Gasteiger partial charge >= 0.3 is 6.03 Å². The summed E-state index contributed by atoms with van der Waals surface area (Å²) in [5.74, 6) is 0.106. The second-order valence-electron chi connectivity index (χ2n) is 5.47. The van der Waals surface area contributed by atoms with E-state index in [1.165, 1.54) is 24.3 Å². The SMILES string of the molecule is Cc1ccc(CNC(=O)NCC(O)COc2ccc(F)cc2)cc1. The smallest absolute Gasteiger partial charge is 0.315 e. The van der Waals surface area contributed by atoms with Gasteiger partial charge in [-0.05, 0) is 36.8 Å². The minimum atomic E-state index is -0.861. The summed E-state index contributed by atoms with van der Waals surface area (Å²) in [7, 11) is 0. The third kappa shape index (κ3) is 6.26. The van der Waals surface area contributed by atoms with E-state index in [1.807, 2.05) is 31.2 Å². The molecule has 0 saturated carbocycles. The van der Waals surface area contributed by atoms with Crippen molar-refractivity contribution < 1.29 is 19.0 Å². The zero-order valence-corrected chi connectivity index (χ0v) is 13.5. The molecule has 0 aliphatic heterocycles. The van der Waals surface area contributed by atoms with Crippen LogP contribution in [0.3, 0.4) is 0 Å². The highest BCUT2D eigenvalue weighted by Crippen LogP contribution is 2.11. The van der Waals surface area contributed by atoms with Crippen LogP contribution in [-0.2, 0) is 6.54 Å². The van der Waals surface area contributed by atoms with E-state index in [1.54, 1.807) is 0 Å². The lowest BCUT2D eigenvalue weighted by atomic mass is 10.1. The Balaban J connectivity index is 1.63. The Hall–Kier alpha value is -2.60. The van der Waals surface area contributed by atoms with Crippen molar-refractivity contribution in [2.75, 3.05) is 13.2 Å². The molecule has 2 aromatic carbocycles. The first-order valence-electron chi connectivity index (χ1n) is 7.66. The lowest BCUT2D eigenvalue weighted by Crippen LogP contribution is -2.41. The van der Waals surface area contributed by atoms with E-state index in [-0.39, 0.29) is 25.0 Å². The molecule has 0 saturated heterocycles. The molecule has 0 aliphatic rings. The summed E-state index contributed by atoms with van der Waals surface area (Å²) in [6.45, 7) is 2.47. The Bertz CT molecular complexity index is 644. The molecule has 0 aliphatic carbocycles. The maximum absolute atomic E-state index is 12.8. The molecule has 1 atom stereocenters. The predicted octanol–water partition coefficient (Wildman–Crippen LogP) is 2.37. The van der Waals surface area contributed by atoms with Crippen molar-refractivity contribution in [3.8, 4) is 5.75 Å². The van der Waals surface area contributed by atoms with E-state index in [4.69, 9.17) is 4.74 Å². The van der Waals surface area contributed by atoms with Crippen molar-refractivity contribution in [1.29, 1.82) is 0 Å². The number of urea groups is 1. The van der Waals surface area contributed by atoms with E-state index in [2.05, 4.69) is 10.6 Å². The fourth-order valence-corrected chi connectivity index (χ4v) is 1.94. The van der Waals surface area contributed by atoms with Gasteiger partial charge in [0.15, 0.2) is 0 Å². The second-order valence-corrected chi connectivity index (χ2v) is 5.47. The van der Waals surface area contributed by atoms with Gasteiger partial charge < -0.3 is 20.5 Å². The molecule has 3 N–H and O–H groups in total. The number of aliphatic hydroxyl groups excluding tert-OH is 1. The maximum Gasteiger partial charge on any atom is 0.315 e. The molecular formula is C18H21FN2O3. The number of carbonyl (C=O) groups excluding carboxylic acids is 1. The Kier molecular flexibility index (Phi) is 6.57. The van der Waals surface area contributed by atoms with Crippen LogP contribution in [-0.4, -0.2) is 30.4 Å². The number of halogens is 1. The highest BCUT2D eigenvalue weighted by atomic mass is 19.1. The Morgan fingerprint density at radius 2 is 1.79 bits per heavy atom. The quantitative estimate of drug-likeness (QED) is 0.729. The molecule has 24 heavy (non-hydrogen) atoms. The van der Waals surface area contributed by atoms with Crippen molar-refractivity contribution in [2.24, 2.45) is 0 Å². The first-order chi connectivity index (χ1) is 11.5. The Morgan fingerprint density at radius 3 is 2.46 bits per heavy atom. The summed E-state index contributed by atoms with van der Waals surface area (Å²) in [6.07, 6.45) is -0.861. The number of aryl methyl sites for hydroxylation is 1. The molecule has 2 amide bonds. The number of ether oxygens (including phenoxy) is 1. The van der Waals surface area contributed by atoms with E-state index in [0.717, 1.165) is 11.1 Å². The number of amides is 2. The number of carbonyl (C=O) groups is 1. The van der Waals surface area contributed by atoms with Crippen molar-refractivity contribution in [2.45, 2.75) is 19.6 Å². The summed E-state index contributed by atoms with van der Waals surface area (Å²) in [4.78, 5) is 11.7. The first kappa shape index (κ1) is 17.7. The van der Waals surface area contributed by atoms with Crippen molar-refractivity contribution >= 4 is 6.03 Å². The molecule has 0 radical (unpaired) electrons. The minimum absolute atomic E-state index is 0.00384. The van der Waals surface area contributed by atoms with Crippen molar-refractivity contribution in [1.82, 2.24) is 10.6 Å². The minimum Gasteiger partial charge on any atom is -0.491 e. The third-order valence-corrected chi connectivity index (χ3v) is 3.33. The van der Waals surface area contributed by atoms with Crippen LogP contribution >= 0.6 is 0 Å². The van der Waals surface area contributed by atoms with Gasteiger partial charge in [-0.3, -0.25) is 0 Å².